The Bertz CT molecular complexity index is 1100. The fourth-order valence-corrected chi connectivity index (χ4v) is 2.94. The van der Waals surface area contributed by atoms with Crippen LogP contribution in [0.3, 0.4) is 0 Å². The zero-order chi connectivity index (χ0) is 26.5. The van der Waals surface area contributed by atoms with Crippen molar-refractivity contribution in [1.29, 1.82) is 0 Å². The highest BCUT2D eigenvalue weighted by Crippen LogP contribution is 2.26. The van der Waals surface area contributed by atoms with Crippen LogP contribution in [0.5, 0.6) is 5.75 Å². The normalized spacial score (nSPS) is 11.3. The summed E-state index contributed by atoms with van der Waals surface area (Å²) >= 11 is 0. The van der Waals surface area contributed by atoms with Gasteiger partial charge in [-0.25, -0.2) is 9.59 Å². The summed E-state index contributed by atoms with van der Waals surface area (Å²) in [5, 5.41) is 10.7. The number of unbranched alkanes of at least 4 members (excludes halogenated alkanes) is 1. The predicted molar refractivity (Wildman–Crippen MR) is 123 cm³/mol. The SMILES string of the molecule is CCC(=O)OCC(=O)Oc1ccc2ccc(C(C)C(=O)OCC(=O)OCCCCO[N+](=O)[O-])cc2c1. The molecule has 0 aliphatic carbocycles. The van der Waals surface area contributed by atoms with Crippen LogP contribution in [0.1, 0.15) is 44.6 Å². The van der Waals surface area contributed by atoms with E-state index in [4.69, 9.17) is 18.9 Å². The van der Waals surface area contributed by atoms with Gasteiger partial charge in [-0.3, -0.25) is 9.59 Å². The van der Waals surface area contributed by atoms with E-state index in [0.29, 0.717) is 23.8 Å². The predicted octanol–water partition coefficient (Wildman–Crippen LogP) is 2.88. The molecule has 0 saturated carbocycles. The molecule has 36 heavy (non-hydrogen) atoms. The van der Waals surface area contributed by atoms with Crippen molar-refractivity contribution in [3.8, 4) is 5.75 Å². The second-order valence-corrected chi connectivity index (χ2v) is 7.57. The largest absolute Gasteiger partial charge is 0.463 e. The van der Waals surface area contributed by atoms with Gasteiger partial charge in [0.25, 0.3) is 5.09 Å². The highest BCUT2D eigenvalue weighted by molar-refractivity contribution is 5.88. The lowest BCUT2D eigenvalue weighted by Crippen LogP contribution is -2.20. The van der Waals surface area contributed by atoms with E-state index in [9.17, 15) is 29.3 Å². The summed E-state index contributed by atoms with van der Waals surface area (Å²) in [6.45, 7) is 2.10. The maximum Gasteiger partial charge on any atom is 0.349 e. The van der Waals surface area contributed by atoms with Crippen LogP contribution in [0, 0.1) is 10.1 Å². The lowest BCUT2D eigenvalue weighted by molar-refractivity contribution is -0.757. The van der Waals surface area contributed by atoms with Crippen LogP contribution in [0.4, 0.5) is 0 Å². The molecule has 0 bridgehead atoms. The minimum atomic E-state index is -0.898. The van der Waals surface area contributed by atoms with Gasteiger partial charge in [0, 0.05) is 6.42 Å². The van der Waals surface area contributed by atoms with Crippen molar-refractivity contribution in [3.05, 3.63) is 52.1 Å². The third-order valence-corrected chi connectivity index (χ3v) is 4.89. The molecule has 194 valence electrons. The summed E-state index contributed by atoms with van der Waals surface area (Å²) in [6.07, 6.45) is 0.847. The lowest BCUT2D eigenvalue weighted by Gasteiger charge is -2.13. The number of carbonyl (C=O) groups is 4. The Balaban J connectivity index is 1.86. The molecule has 0 fully saturated rings. The van der Waals surface area contributed by atoms with Gasteiger partial charge in [0.05, 0.1) is 19.1 Å². The zero-order valence-corrected chi connectivity index (χ0v) is 19.9. The van der Waals surface area contributed by atoms with E-state index in [2.05, 4.69) is 4.84 Å². The number of fused-ring (bicyclic) bond motifs is 1. The molecule has 0 N–H and O–H groups in total. The van der Waals surface area contributed by atoms with Crippen molar-refractivity contribution in [2.45, 2.75) is 39.0 Å². The number of benzene rings is 2. The number of ether oxygens (including phenoxy) is 4. The highest BCUT2D eigenvalue weighted by Gasteiger charge is 2.19. The monoisotopic (exact) mass is 505 g/mol. The van der Waals surface area contributed by atoms with Gasteiger partial charge in [-0.1, -0.05) is 31.2 Å². The van der Waals surface area contributed by atoms with Crippen LogP contribution >= 0.6 is 0 Å². The molecule has 0 aliphatic heterocycles. The van der Waals surface area contributed by atoms with Crippen LogP contribution in [-0.4, -0.2) is 55.4 Å². The average molecular weight is 505 g/mol. The minimum absolute atomic E-state index is 0.0195. The molecule has 0 spiro atoms. The molecule has 0 amide bonds. The minimum Gasteiger partial charge on any atom is -0.463 e. The molecular weight excluding hydrogens is 478 g/mol. The van der Waals surface area contributed by atoms with Gasteiger partial charge in [-0.2, -0.15) is 0 Å². The first-order valence-electron chi connectivity index (χ1n) is 11.2. The van der Waals surface area contributed by atoms with E-state index in [1.54, 1.807) is 50.2 Å². The molecule has 12 nitrogen and oxygen atoms in total. The van der Waals surface area contributed by atoms with Gasteiger partial charge >= 0.3 is 23.9 Å². The van der Waals surface area contributed by atoms with Crippen LogP contribution in [-0.2, 0) is 38.2 Å². The number of hydrogen-bond acceptors (Lipinski definition) is 11. The van der Waals surface area contributed by atoms with Gasteiger partial charge in [-0.05, 0) is 48.2 Å². The van der Waals surface area contributed by atoms with Crippen LogP contribution in [0.25, 0.3) is 10.8 Å². The van der Waals surface area contributed by atoms with Crippen molar-refractivity contribution in [2.24, 2.45) is 0 Å². The van der Waals surface area contributed by atoms with Gasteiger partial charge in [0.2, 0.25) is 0 Å². The standard InChI is InChI=1S/C24H27NO11/c1-3-21(26)33-15-23(28)36-20-9-8-17-6-7-18(12-19(17)13-20)16(2)24(29)34-14-22(27)32-10-4-5-11-35-25(30)31/h6-9,12-13,16H,3-5,10-11,14-15H2,1-2H3. The maximum atomic E-state index is 12.4. The Morgan fingerprint density at radius 3 is 2.28 bits per heavy atom. The molecule has 2 aromatic rings. The number of esters is 4. The summed E-state index contributed by atoms with van der Waals surface area (Å²) in [5.41, 5.74) is 0.618. The van der Waals surface area contributed by atoms with Crippen LogP contribution < -0.4 is 4.74 Å². The van der Waals surface area contributed by atoms with Gasteiger partial charge < -0.3 is 23.8 Å². The van der Waals surface area contributed by atoms with Gasteiger partial charge in [-0.15, -0.1) is 10.1 Å². The zero-order valence-electron chi connectivity index (χ0n) is 19.9. The van der Waals surface area contributed by atoms with Gasteiger partial charge in [0.15, 0.2) is 13.2 Å². The number of nitrogens with zero attached hydrogens (tertiary/aromatic N) is 1. The molecule has 0 saturated heterocycles. The molecule has 0 aliphatic rings. The Kier molecular flexibility index (Phi) is 11.1. The van der Waals surface area contributed by atoms with Crippen molar-refractivity contribution < 1.29 is 48.0 Å². The Labute approximate surface area is 206 Å². The Morgan fingerprint density at radius 1 is 0.861 bits per heavy atom. The smallest absolute Gasteiger partial charge is 0.349 e. The number of rotatable bonds is 14. The number of carbonyl (C=O) groups excluding carboxylic acids is 4. The summed E-state index contributed by atoms with van der Waals surface area (Å²) in [4.78, 5) is 61.4. The topological polar surface area (TPSA) is 158 Å². The summed E-state index contributed by atoms with van der Waals surface area (Å²) < 4.78 is 19.9. The lowest BCUT2D eigenvalue weighted by atomic mass is 9.98. The van der Waals surface area contributed by atoms with Gasteiger partial charge in [0.1, 0.15) is 5.75 Å². The molecule has 1 atom stereocenters. The molecule has 1 unspecified atom stereocenters. The third-order valence-electron chi connectivity index (χ3n) is 4.89. The summed E-state index contributed by atoms with van der Waals surface area (Å²) in [5.74, 6) is -3.04. The first kappa shape index (κ1) is 28.0. The second kappa shape index (κ2) is 14.2. The van der Waals surface area contributed by atoms with E-state index >= 15 is 0 Å². The summed E-state index contributed by atoms with van der Waals surface area (Å²) in [6, 6.07) is 10.2. The maximum absolute atomic E-state index is 12.4. The molecular formula is C24H27NO11. The average Bonchev–Trinajstić information content (AvgIpc) is 2.86. The van der Waals surface area contributed by atoms with Crippen LogP contribution in [0.15, 0.2) is 36.4 Å². The molecule has 0 heterocycles. The molecule has 0 radical (unpaired) electrons. The van der Waals surface area contributed by atoms with E-state index in [1.165, 1.54) is 0 Å². The summed E-state index contributed by atoms with van der Waals surface area (Å²) in [7, 11) is 0. The fraction of sp³-hybridized carbons (Fsp3) is 0.417. The van der Waals surface area contributed by atoms with E-state index in [-0.39, 0.29) is 25.4 Å². The first-order valence-corrected chi connectivity index (χ1v) is 11.2. The van der Waals surface area contributed by atoms with Crippen molar-refractivity contribution in [3.63, 3.8) is 0 Å². The third kappa shape index (κ3) is 9.57. The van der Waals surface area contributed by atoms with Crippen molar-refractivity contribution in [2.75, 3.05) is 26.4 Å². The molecule has 2 aromatic carbocycles. The van der Waals surface area contributed by atoms with E-state index in [0.717, 1.165) is 5.39 Å². The molecule has 12 heteroatoms. The Hall–Kier alpha value is -4.22. The fourth-order valence-electron chi connectivity index (χ4n) is 2.94. The van der Waals surface area contributed by atoms with Crippen molar-refractivity contribution in [1.82, 2.24) is 0 Å². The first-order chi connectivity index (χ1) is 17.2. The van der Waals surface area contributed by atoms with Crippen molar-refractivity contribution >= 4 is 34.6 Å². The second-order valence-electron chi connectivity index (χ2n) is 7.57. The van der Waals surface area contributed by atoms with E-state index < -0.39 is 48.1 Å². The number of hydrogen-bond donors (Lipinski definition) is 0. The quantitative estimate of drug-likeness (QED) is 0.0928. The molecule has 2 rings (SSSR count). The molecule has 0 aromatic heterocycles. The Morgan fingerprint density at radius 2 is 1.56 bits per heavy atom. The van der Waals surface area contributed by atoms with Crippen LogP contribution in [0.2, 0.25) is 0 Å². The highest BCUT2D eigenvalue weighted by atomic mass is 16.9. The van der Waals surface area contributed by atoms with E-state index in [1.807, 2.05) is 0 Å².